The molecule has 0 heterocycles. The van der Waals surface area contributed by atoms with Crippen LogP contribution in [-0.2, 0) is 69.9 Å². The monoisotopic (exact) mass is 399 g/mol. The molecule has 0 fully saturated rings. The van der Waals surface area contributed by atoms with Crippen LogP contribution in [-0.4, -0.2) is 8.11 Å². The van der Waals surface area contributed by atoms with Crippen LogP contribution in [0.25, 0.3) is 0 Å². The average Bonchev–Trinajstić information content (AvgIpc) is 0.918. The molecular weight excluding hydrogens is 395 g/mol. The van der Waals surface area contributed by atoms with Crippen molar-refractivity contribution in [1.29, 1.82) is 0 Å². The van der Waals surface area contributed by atoms with Crippen molar-refractivity contribution in [2.45, 2.75) is 5.23 Å². The van der Waals surface area contributed by atoms with E-state index in [9.17, 15) is 0 Å². The van der Waals surface area contributed by atoms with Gasteiger partial charge in [0.1, 0.15) is 0 Å². The topological polar surface area (TPSA) is 0 Å². The van der Waals surface area contributed by atoms with Crippen LogP contribution in [0.4, 0.5) is 0 Å². The summed E-state index contributed by atoms with van der Waals surface area (Å²) in [5.41, 5.74) is 0. The van der Waals surface area contributed by atoms with E-state index in [0.29, 0.717) is 18.4 Å². The molecule has 0 saturated carbocycles. The first-order valence-corrected chi connectivity index (χ1v) is 8.25. The summed E-state index contributed by atoms with van der Waals surface area (Å²) >= 11 is 0.639. The van der Waals surface area contributed by atoms with Crippen molar-refractivity contribution in [3.05, 3.63) is 0 Å². The van der Waals surface area contributed by atoms with E-state index in [1.165, 1.54) is 8.11 Å². The van der Waals surface area contributed by atoms with E-state index < -0.39 is 0 Å². The van der Waals surface area contributed by atoms with Crippen molar-refractivity contribution in [3.63, 3.8) is 0 Å². The van der Waals surface area contributed by atoms with E-state index in [-0.39, 0.29) is 92.3 Å². The summed E-state index contributed by atoms with van der Waals surface area (Å²) < 4.78 is 0. The largest absolute Gasteiger partial charge is 0 e. The van der Waals surface area contributed by atoms with Gasteiger partial charge in [-0.1, -0.05) is 0 Å². The molecule has 1 radical (unpaired) electrons. The predicted octanol–water partition coefficient (Wildman–Crippen LogP) is -0.610. The summed E-state index contributed by atoms with van der Waals surface area (Å²) in [5, 5.41) is 2.31. The van der Waals surface area contributed by atoms with Crippen LogP contribution in [0.1, 0.15) is 0 Å². The molecule has 0 atom stereocenters. The molecule has 0 aliphatic heterocycles. The maximum Gasteiger partial charge on any atom is 0 e. The van der Waals surface area contributed by atoms with Crippen LogP contribution >= 0.6 is 0 Å². The third-order valence-corrected chi connectivity index (χ3v) is 0. The number of hydrogen-bond acceptors (Lipinski definition) is 0. The Bertz CT molecular complexity index is 19.7. The van der Waals surface area contributed by atoms with E-state index in [0.717, 1.165) is 0 Å². The third-order valence-electron chi connectivity index (χ3n) is 0. The average molecular weight is 401 g/mol. The van der Waals surface area contributed by atoms with Gasteiger partial charge in [0.15, 0.2) is 0 Å². The van der Waals surface area contributed by atoms with Crippen molar-refractivity contribution in [2.75, 3.05) is 0 Å². The van der Waals surface area contributed by atoms with E-state index in [4.69, 9.17) is 0 Å². The van der Waals surface area contributed by atoms with Gasteiger partial charge in [0.25, 0.3) is 0 Å². The molecule has 0 amide bonds. The molecular formula is CH6CrFeMnNdSiTi. The molecule has 0 aromatic carbocycles. The van der Waals surface area contributed by atoms with Crippen LogP contribution in [0.5, 0.6) is 0 Å². The maximum absolute atomic E-state index is 2.31. The molecule has 7 heavy (non-hydrogen) atoms. The molecule has 0 bridgehead atoms. The molecule has 0 unspecified atom stereocenters. The smallest absolute Gasteiger partial charge is 0 e. The summed E-state index contributed by atoms with van der Waals surface area (Å²) in [4.78, 5) is 0. The van der Waals surface area contributed by atoms with Gasteiger partial charge in [0.05, 0.1) is 0 Å². The van der Waals surface area contributed by atoms with E-state index >= 15 is 0 Å². The first-order chi connectivity index (χ1) is 1.41. The molecule has 0 spiro atoms. The van der Waals surface area contributed by atoms with Crippen LogP contribution in [0.3, 0.4) is 0 Å². The minimum absolute atomic E-state index is 0. The Morgan fingerprint density at radius 3 is 1.43 bits per heavy atom. The van der Waals surface area contributed by atoms with Crippen molar-refractivity contribution < 1.29 is 111 Å². The van der Waals surface area contributed by atoms with Gasteiger partial charge in [-0.05, 0) is 0 Å². The fourth-order valence-corrected chi connectivity index (χ4v) is 0. The van der Waals surface area contributed by atoms with E-state index in [2.05, 4.69) is 5.23 Å². The van der Waals surface area contributed by atoms with Crippen LogP contribution in [0, 0.1) is 40.8 Å². The Morgan fingerprint density at radius 2 is 1.43 bits per heavy atom. The first-order valence-electron chi connectivity index (χ1n) is 1.00. The van der Waals surface area contributed by atoms with Gasteiger partial charge in [-0.25, -0.2) is 0 Å². The predicted molar refractivity (Wildman–Crippen MR) is 15.8 cm³/mol. The summed E-state index contributed by atoms with van der Waals surface area (Å²) in [7, 11) is 1.49. The molecule has 0 rings (SSSR count). The Hall–Kier alpha value is 3.85. The van der Waals surface area contributed by atoms with Crippen LogP contribution in [0.15, 0.2) is 0 Å². The fourth-order valence-electron chi connectivity index (χ4n) is 0. The van der Waals surface area contributed by atoms with Crippen molar-refractivity contribution in [2.24, 2.45) is 0 Å². The molecule has 0 aromatic heterocycles. The molecule has 0 aromatic rings. The summed E-state index contributed by atoms with van der Waals surface area (Å²) in [5.74, 6) is 0. The normalized spacial score (nSPS) is 2.43. The molecule has 43 valence electrons. The molecule has 0 saturated heterocycles. The molecule has 0 N–H and O–H groups in total. The molecule has 0 nitrogen and oxygen atoms in total. The van der Waals surface area contributed by atoms with Gasteiger partial charge in [0, 0.05) is 92.3 Å². The molecule has 0 aliphatic carbocycles. The number of rotatable bonds is 0. The maximum atomic E-state index is 2.31. The summed E-state index contributed by atoms with van der Waals surface area (Å²) in [6.07, 6.45) is 0. The van der Waals surface area contributed by atoms with Crippen molar-refractivity contribution in [3.8, 4) is 0 Å². The quantitative estimate of drug-likeness (QED) is 0.476. The summed E-state index contributed by atoms with van der Waals surface area (Å²) in [6, 6.07) is 0. The Kier molecular flexibility index (Phi) is 144. The number of hydrogen-bond donors (Lipinski definition) is 0. The van der Waals surface area contributed by atoms with Gasteiger partial charge >= 0.3 is 31.7 Å². The minimum atomic E-state index is 0. The first kappa shape index (κ1) is 30.8. The van der Waals surface area contributed by atoms with Crippen LogP contribution in [0.2, 0.25) is 5.23 Å². The van der Waals surface area contributed by atoms with Gasteiger partial charge in [0.2, 0.25) is 0 Å². The van der Waals surface area contributed by atoms with Gasteiger partial charge in [-0.15, -0.1) is 0 Å². The Labute approximate surface area is 121 Å². The fraction of sp³-hybridized carbons (Fsp3) is 1.00. The third kappa shape index (κ3) is 40.9. The van der Waals surface area contributed by atoms with Crippen molar-refractivity contribution >= 4 is 8.11 Å². The van der Waals surface area contributed by atoms with Gasteiger partial charge in [-0.2, -0.15) is 0 Å². The second kappa shape index (κ2) is 32.8. The van der Waals surface area contributed by atoms with E-state index in [1.54, 1.807) is 0 Å². The Balaban J connectivity index is -0.00000000333. The minimum Gasteiger partial charge on any atom is 0 e. The zero-order chi connectivity index (χ0) is 2.71. The second-order valence-electron chi connectivity index (χ2n) is 0.500. The molecule has 0 aliphatic rings. The zero-order valence-electron chi connectivity index (χ0n) is 4.14. The van der Waals surface area contributed by atoms with Gasteiger partial charge < -0.3 is 0 Å². The zero-order valence-corrected chi connectivity index (χ0v) is 14.5. The standard InChI is InChI=1S/CH3.Cr.Fe.Mn.Nd.H3Si.Ti/h1H3;;;;;1H3;. The summed E-state index contributed by atoms with van der Waals surface area (Å²) in [6.45, 7) is 0. The Morgan fingerprint density at radius 1 is 1.43 bits per heavy atom. The van der Waals surface area contributed by atoms with Crippen LogP contribution < -0.4 is 0 Å². The molecule has 6 heteroatoms. The van der Waals surface area contributed by atoms with Gasteiger partial charge in [-0.3, -0.25) is 0 Å². The van der Waals surface area contributed by atoms with Crippen molar-refractivity contribution in [1.82, 2.24) is 0 Å². The SMILES string of the molecule is [CH3][Ti][SiH3].[Cr].[Fe].[Mn].[Nd]. The second-order valence-corrected chi connectivity index (χ2v) is 6.18. The van der Waals surface area contributed by atoms with E-state index in [1.807, 2.05) is 0 Å².